The molecule has 0 atom stereocenters. The van der Waals surface area contributed by atoms with E-state index in [-0.39, 0.29) is 5.82 Å². The number of amides is 2. The largest absolute Gasteiger partial charge is 0.489 e. The number of rotatable bonds is 5. The number of carbonyl (C=O) groups is 1. The zero-order valence-corrected chi connectivity index (χ0v) is 11.1. The van der Waals surface area contributed by atoms with Gasteiger partial charge in [0.25, 0.3) is 0 Å². The Hall–Kier alpha value is -2.89. The molecule has 0 aromatic heterocycles. The van der Waals surface area contributed by atoms with Crippen LogP contribution in [-0.2, 0) is 6.61 Å². The third kappa shape index (κ3) is 4.94. The summed E-state index contributed by atoms with van der Waals surface area (Å²) in [5, 5.41) is 3.67. The minimum absolute atomic E-state index is 0.300. The molecule has 3 N–H and O–H groups in total. The van der Waals surface area contributed by atoms with E-state index in [1.165, 1.54) is 18.3 Å². The quantitative estimate of drug-likeness (QED) is 0.654. The molecule has 2 aromatic rings. The Balaban J connectivity index is 1.97. The summed E-state index contributed by atoms with van der Waals surface area (Å²) in [4.78, 5) is 10.5. The number of benzene rings is 2. The average molecular weight is 287 g/mol. The first-order valence-electron chi connectivity index (χ1n) is 6.19. The predicted molar refractivity (Wildman–Crippen MR) is 77.5 cm³/mol. The number of primary amides is 1. The van der Waals surface area contributed by atoms with Crippen LogP contribution in [-0.4, -0.2) is 12.2 Å². The van der Waals surface area contributed by atoms with E-state index in [0.29, 0.717) is 12.4 Å². The third-order valence-corrected chi connectivity index (χ3v) is 2.54. The standard InChI is InChI=1S/C15H14FN3O2/c16-13-5-2-6-14(8-13)21-10-12-4-1-3-11(7-12)9-18-19-15(17)20/h1-9H,10H2,(H3,17,19,20). The number of nitrogens with zero attached hydrogens (tertiary/aromatic N) is 1. The molecule has 0 fully saturated rings. The van der Waals surface area contributed by atoms with Crippen LogP contribution in [0.25, 0.3) is 0 Å². The highest BCUT2D eigenvalue weighted by Gasteiger charge is 1.99. The maximum atomic E-state index is 13.0. The second kappa shape index (κ2) is 7.04. The Morgan fingerprint density at radius 1 is 1.29 bits per heavy atom. The Kier molecular flexibility index (Phi) is 4.87. The van der Waals surface area contributed by atoms with Crippen LogP contribution in [0.15, 0.2) is 53.6 Å². The number of hydrogen-bond acceptors (Lipinski definition) is 3. The molecular formula is C15H14FN3O2. The fraction of sp³-hybridized carbons (Fsp3) is 0.0667. The van der Waals surface area contributed by atoms with Crippen molar-refractivity contribution in [2.75, 3.05) is 0 Å². The van der Waals surface area contributed by atoms with Crippen LogP contribution in [0.4, 0.5) is 9.18 Å². The lowest BCUT2D eigenvalue weighted by molar-refractivity contribution is 0.249. The highest BCUT2D eigenvalue weighted by molar-refractivity contribution is 5.81. The Morgan fingerprint density at radius 2 is 2.10 bits per heavy atom. The Labute approximate surface area is 121 Å². The molecule has 2 aromatic carbocycles. The summed E-state index contributed by atoms with van der Waals surface area (Å²) < 4.78 is 18.5. The van der Waals surface area contributed by atoms with Crippen LogP contribution in [0.3, 0.4) is 0 Å². The van der Waals surface area contributed by atoms with Gasteiger partial charge in [0.2, 0.25) is 0 Å². The van der Waals surface area contributed by atoms with Gasteiger partial charge in [-0.05, 0) is 29.3 Å². The minimum atomic E-state index is -0.725. The number of urea groups is 1. The van der Waals surface area contributed by atoms with E-state index >= 15 is 0 Å². The molecule has 0 aliphatic heterocycles. The molecule has 2 rings (SSSR count). The van der Waals surface area contributed by atoms with Crippen LogP contribution in [0.5, 0.6) is 5.75 Å². The van der Waals surface area contributed by atoms with Crippen LogP contribution in [0, 0.1) is 5.82 Å². The summed E-state index contributed by atoms with van der Waals surface area (Å²) in [5.74, 6) is 0.121. The van der Waals surface area contributed by atoms with Gasteiger partial charge in [-0.3, -0.25) is 0 Å². The summed E-state index contributed by atoms with van der Waals surface area (Å²) in [6.07, 6.45) is 1.47. The zero-order valence-electron chi connectivity index (χ0n) is 11.1. The minimum Gasteiger partial charge on any atom is -0.489 e. The van der Waals surface area contributed by atoms with Gasteiger partial charge < -0.3 is 10.5 Å². The van der Waals surface area contributed by atoms with Gasteiger partial charge in [-0.1, -0.05) is 24.3 Å². The normalized spacial score (nSPS) is 10.5. The van der Waals surface area contributed by atoms with E-state index in [1.54, 1.807) is 12.1 Å². The van der Waals surface area contributed by atoms with Crippen molar-refractivity contribution >= 4 is 12.2 Å². The number of halogens is 1. The summed E-state index contributed by atoms with van der Waals surface area (Å²) in [6.45, 7) is 0.300. The molecule has 0 unspecified atom stereocenters. The first-order valence-corrected chi connectivity index (χ1v) is 6.19. The molecule has 21 heavy (non-hydrogen) atoms. The summed E-state index contributed by atoms with van der Waals surface area (Å²) in [6, 6.07) is 12.6. The van der Waals surface area contributed by atoms with Gasteiger partial charge in [0.15, 0.2) is 0 Å². The molecule has 0 heterocycles. The van der Waals surface area contributed by atoms with E-state index in [4.69, 9.17) is 10.5 Å². The highest BCUT2D eigenvalue weighted by Crippen LogP contribution is 2.14. The zero-order chi connectivity index (χ0) is 15.1. The van der Waals surface area contributed by atoms with Crippen LogP contribution < -0.4 is 15.9 Å². The SMILES string of the molecule is NC(=O)NN=Cc1cccc(COc2cccc(F)c2)c1. The number of hydrogen-bond donors (Lipinski definition) is 2. The molecule has 6 heteroatoms. The number of ether oxygens (including phenoxy) is 1. The summed E-state index contributed by atoms with van der Waals surface area (Å²) >= 11 is 0. The molecule has 108 valence electrons. The van der Waals surface area contributed by atoms with Crippen LogP contribution in [0.1, 0.15) is 11.1 Å². The second-order valence-corrected chi connectivity index (χ2v) is 4.23. The van der Waals surface area contributed by atoms with E-state index in [1.807, 2.05) is 24.3 Å². The summed E-state index contributed by atoms with van der Waals surface area (Å²) in [5.41, 5.74) is 8.68. The van der Waals surface area contributed by atoms with Gasteiger partial charge in [-0.25, -0.2) is 14.6 Å². The van der Waals surface area contributed by atoms with E-state index in [9.17, 15) is 9.18 Å². The predicted octanol–water partition coefficient (Wildman–Crippen LogP) is 2.41. The van der Waals surface area contributed by atoms with Crippen molar-refractivity contribution in [1.82, 2.24) is 5.43 Å². The molecular weight excluding hydrogens is 273 g/mol. The van der Waals surface area contributed by atoms with Gasteiger partial charge in [-0.2, -0.15) is 5.10 Å². The molecule has 0 bridgehead atoms. The van der Waals surface area contributed by atoms with E-state index < -0.39 is 6.03 Å². The Morgan fingerprint density at radius 3 is 2.86 bits per heavy atom. The fourth-order valence-corrected chi connectivity index (χ4v) is 1.66. The second-order valence-electron chi connectivity index (χ2n) is 4.23. The molecule has 5 nitrogen and oxygen atoms in total. The van der Waals surface area contributed by atoms with Crippen molar-refractivity contribution in [1.29, 1.82) is 0 Å². The molecule has 0 saturated heterocycles. The average Bonchev–Trinajstić information content (AvgIpc) is 2.45. The van der Waals surface area contributed by atoms with E-state index in [0.717, 1.165) is 11.1 Å². The van der Waals surface area contributed by atoms with Gasteiger partial charge in [-0.15, -0.1) is 0 Å². The molecule has 0 aliphatic rings. The maximum absolute atomic E-state index is 13.0. The van der Waals surface area contributed by atoms with Crippen LogP contribution in [0.2, 0.25) is 0 Å². The van der Waals surface area contributed by atoms with Gasteiger partial charge >= 0.3 is 6.03 Å². The molecule has 0 saturated carbocycles. The molecule has 0 radical (unpaired) electrons. The number of nitrogens with one attached hydrogen (secondary N) is 1. The van der Waals surface area contributed by atoms with Gasteiger partial charge in [0.05, 0.1) is 6.21 Å². The van der Waals surface area contributed by atoms with Crippen molar-refractivity contribution in [3.8, 4) is 5.75 Å². The molecule has 0 spiro atoms. The van der Waals surface area contributed by atoms with Crippen molar-refractivity contribution in [3.05, 3.63) is 65.5 Å². The van der Waals surface area contributed by atoms with Gasteiger partial charge in [0, 0.05) is 6.07 Å². The first kappa shape index (κ1) is 14.5. The lowest BCUT2D eigenvalue weighted by Crippen LogP contribution is -2.24. The molecule has 2 amide bonds. The monoisotopic (exact) mass is 287 g/mol. The first-order chi connectivity index (χ1) is 10.1. The van der Waals surface area contributed by atoms with Crippen molar-refractivity contribution < 1.29 is 13.9 Å². The summed E-state index contributed by atoms with van der Waals surface area (Å²) in [7, 11) is 0. The van der Waals surface area contributed by atoms with E-state index in [2.05, 4.69) is 10.5 Å². The Bertz CT molecular complexity index is 659. The number of hydrazone groups is 1. The lowest BCUT2D eigenvalue weighted by Gasteiger charge is -2.06. The van der Waals surface area contributed by atoms with Crippen molar-refractivity contribution in [2.45, 2.75) is 6.61 Å². The molecule has 0 aliphatic carbocycles. The lowest BCUT2D eigenvalue weighted by atomic mass is 10.1. The van der Waals surface area contributed by atoms with Crippen LogP contribution >= 0.6 is 0 Å². The topological polar surface area (TPSA) is 76.7 Å². The van der Waals surface area contributed by atoms with Crippen molar-refractivity contribution in [2.24, 2.45) is 10.8 Å². The number of carbonyl (C=O) groups excluding carboxylic acids is 1. The smallest absolute Gasteiger partial charge is 0.332 e. The third-order valence-electron chi connectivity index (χ3n) is 2.54. The number of nitrogens with two attached hydrogens (primary N) is 1. The van der Waals surface area contributed by atoms with Gasteiger partial charge in [0.1, 0.15) is 18.2 Å². The fourth-order valence-electron chi connectivity index (χ4n) is 1.66. The highest BCUT2D eigenvalue weighted by atomic mass is 19.1. The maximum Gasteiger partial charge on any atom is 0.332 e. The van der Waals surface area contributed by atoms with Crippen molar-refractivity contribution in [3.63, 3.8) is 0 Å².